The van der Waals surface area contributed by atoms with Gasteiger partial charge in [-0.15, -0.1) is 11.6 Å². The summed E-state index contributed by atoms with van der Waals surface area (Å²) in [7, 11) is 0. The molecule has 1 fully saturated rings. The smallest absolute Gasteiger partial charge is 0.275 e. The third kappa shape index (κ3) is 2.06. The molecular weight excluding hydrogens is 236 g/mol. The van der Waals surface area contributed by atoms with Crippen LogP contribution in [0.25, 0.3) is 0 Å². The first-order valence-electron chi connectivity index (χ1n) is 4.62. The number of carbonyl (C=O) groups excluding carboxylic acids is 4. The first kappa shape index (κ1) is 12.6. The molecule has 0 N–H and O–H groups in total. The molecule has 1 atom stereocenters. The van der Waals surface area contributed by atoms with E-state index in [0.29, 0.717) is 4.90 Å². The van der Waals surface area contributed by atoms with Crippen LogP contribution in [-0.2, 0) is 14.4 Å². The summed E-state index contributed by atoms with van der Waals surface area (Å²) in [4.78, 5) is 46.9. The quantitative estimate of drug-likeness (QED) is 0.620. The number of amides is 5. The average Bonchev–Trinajstić information content (AvgIpc) is 2.16. The SMILES string of the molecule is CC(=O)N1CC(CCl)C(=O)N(C(C)=O)C1=O. The van der Waals surface area contributed by atoms with Crippen molar-refractivity contribution in [3.63, 3.8) is 0 Å². The number of alkyl halides is 1. The second kappa shape index (κ2) is 4.61. The number of nitrogens with zero attached hydrogens (tertiary/aromatic N) is 2. The van der Waals surface area contributed by atoms with Crippen LogP contribution in [0.2, 0.25) is 0 Å². The van der Waals surface area contributed by atoms with E-state index in [1.165, 1.54) is 6.92 Å². The van der Waals surface area contributed by atoms with E-state index in [1.54, 1.807) is 0 Å². The zero-order valence-corrected chi connectivity index (χ0v) is 9.65. The predicted molar refractivity (Wildman–Crippen MR) is 54.5 cm³/mol. The molecule has 16 heavy (non-hydrogen) atoms. The Labute approximate surface area is 97.1 Å². The van der Waals surface area contributed by atoms with Crippen molar-refractivity contribution < 1.29 is 19.2 Å². The molecule has 0 radical (unpaired) electrons. The van der Waals surface area contributed by atoms with Crippen molar-refractivity contribution in [2.75, 3.05) is 12.4 Å². The Kier molecular flexibility index (Phi) is 3.64. The summed E-state index contributed by atoms with van der Waals surface area (Å²) in [6, 6.07) is -0.897. The molecule has 5 amide bonds. The minimum atomic E-state index is -0.897. The molecule has 0 aromatic carbocycles. The van der Waals surface area contributed by atoms with Crippen LogP contribution in [0, 0.1) is 5.92 Å². The van der Waals surface area contributed by atoms with Gasteiger partial charge in [0.05, 0.1) is 5.92 Å². The molecule has 7 heteroatoms. The zero-order chi connectivity index (χ0) is 12.5. The fraction of sp³-hybridized carbons (Fsp3) is 0.556. The number of halogens is 1. The number of urea groups is 1. The summed E-state index contributed by atoms with van der Waals surface area (Å²) in [6.07, 6.45) is 0. The Morgan fingerprint density at radius 3 is 2.25 bits per heavy atom. The number of hydrogen-bond donors (Lipinski definition) is 0. The lowest BCUT2D eigenvalue weighted by molar-refractivity contribution is -0.146. The normalized spacial score (nSPS) is 21.3. The number of rotatable bonds is 1. The van der Waals surface area contributed by atoms with Crippen molar-refractivity contribution in [1.82, 2.24) is 9.80 Å². The van der Waals surface area contributed by atoms with Gasteiger partial charge in [-0.3, -0.25) is 19.3 Å². The topological polar surface area (TPSA) is 74.8 Å². The monoisotopic (exact) mass is 246 g/mol. The van der Waals surface area contributed by atoms with Crippen molar-refractivity contribution in [3.8, 4) is 0 Å². The van der Waals surface area contributed by atoms with Crippen molar-refractivity contribution in [1.29, 1.82) is 0 Å². The summed E-state index contributed by atoms with van der Waals surface area (Å²) in [5, 5.41) is 0. The molecule has 0 aliphatic carbocycles. The highest BCUT2D eigenvalue weighted by Gasteiger charge is 2.42. The van der Waals surface area contributed by atoms with Gasteiger partial charge in [0.25, 0.3) is 0 Å². The second-order valence-corrected chi connectivity index (χ2v) is 3.76. The van der Waals surface area contributed by atoms with Gasteiger partial charge in [-0.25, -0.2) is 4.79 Å². The average molecular weight is 247 g/mol. The first-order valence-corrected chi connectivity index (χ1v) is 5.16. The van der Waals surface area contributed by atoms with E-state index in [-0.39, 0.29) is 12.4 Å². The van der Waals surface area contributed by atoms with Gasteiger partial charge in [-0.1, -0.05) is 0 Å². The van der Waals surface area contributed by atoms with Gasteiger partial charge in [0, 0.05) is 26.3 Å². The summed E-state index contributed by atoms with van der Waals surface area (Å²) < 4.78 is 0. The Morgan fingerprint density at radius 2 is 1.88 bits per heavy atom. The molecule has 1 aliphatic heterocycles. The highest BCUT2D eigenvalue weighted by Crippen LogP contribution is 2.17. The fourth-order valence-corrected chi connectivity index (χ4v) is 1.67. The lowest BCUT2D eigenvalue weighted by atomic mass is 10.1. The van der Waals surface area contributed by atoms with Crippen LogP contribution >= 0.6 is 11.6 Å². The van der Waals surface area contributed by atoms with Crippen LogP contribution in [0.5, 0.6) is 0 Å². The molecule has 1 unspecified atom stereocenters. The van der Waals surface area contributed by atoms with Crippen molar-refractivity contribution in [2.24, 2.45) is 5.92 Å². The largest absolute Gasteiger partial charge is 0.340 e. The molecule has 88 valence electrons. The molecule has 1 rings (SSSR count). The van der Waals surface area contributed by atoms with Crippen LogP contribution in [0.4, 0.5) is 4.79 Å². The molecule has 6 nitrogen and oxygen atoms in total. The maximum atomic E-state index is 11.6. The Hall–Kier alpha value is -1.43. The molecule has 0 saturated carbocycles. The van der Waals surface area contributed by atoms with Crippen molar-refractivity contribution in [2.45, 2.75) is 13.8 Å². The highest BCUT2D eigenvalue weighted by atomic mass is 35.5. The number of imide groups is 4. The van der Waals surface area contributed by atoms with E-state index in [9.17, 15) is 19.2 Å². The summed E-state index contributed by atoms with van der Waals surface area (Å²) >= 11 is 5.55. The van der Waals surface area contributed by atoms with E-state index < -0.39 is 29.7 Å². The molecule has 1 aliphatic rings. The van der Waals surface area contributed by atoms with E-state index in [2.05, 4.69) is 0 Å². The van der Waals surface area contributed by atoms with Crippen molar-refractivity contribution in [3.05, 3.63) is 0 Å². The molecule has 1 heterocycles. The van der Waals surface area contributed by atoms with Crippen LogP contribution in [-0.4, -0.2) is 46.0 Å². The summed E-state index contributed by atoms with van der Waals surface area (Å²) in [6.45, 7) is 2.21. The lowest BCUT2D eigenvalue weighted by Crippen LogP contribution is -2.59. The van der Waals surface area contributed by atoms with E-state index in [4.69, 9.17) is 11.6 Å². The Balaban J connectivity index is 3.07. The Bertz CT molecular complexity index is 369. The Morgan fingerprint density at radius 1 is 1.31 bits per heavy atom. The summed E-state index contributed by atoms with van der Waals surface area (Å²) in [5.74, 6) is -2.63. The molecule has 0 aromatic rings. The van der Waals surface area contributed by atoms with E-state index >= 15 is 0 Å². The van der Waals surface area contributed by atoms with Gasteiger partial charge < -0.3 is 0 Å². The standard InChI is InChI=1S/C9H11ClN2O4/c1-5(13)11-4-7(3-10)8(15)12(6(2)14)9(11)16/h7H,3-4H2,1-2H3. The molecule has 1 saturated heterocycles. The van der Waals surface area contributed by atoms with Gasteiger partial charge in [0.15, 0.2) is 0 Å². The predicted octanol–water partition coefficient (Wildman–Crippen LogP) is 0.199. The molecule has 0 aromatic heterocycles. The van der Waals surface area contributed by atoms with E-state index in [1.807, 2.05) is 0 Å². The maximum absolute atomic E-state index is 11.6. The van der Waals surface area contributed by atoms with Crippen LogP contribution in [0.3, 0.4) is 0 Å². The van der Waals surface area contributed by atoms with Crippen LogP contribution < -0.4 is 0 Å². The number of hydrogen-bond acceptors (Lipinski definition) is 4. The molecule has 0 spiro atoms. The first-order chi connectivity index (χ1) is 7.40. The lowest BCUT2D eigenvalue weighted by Gasteiger charge is -2.34. The third-order valence-corrected chi connectivity index (χ3v) is 2.65. The van der Waals surface area contributed by atoms with Gasteiger partial charge in [0.1, 0.15) is 0 Å². The zero-order valence-electron chi connectivity index (χ0n) is 8.90. The summed E-state index contributed by atoms with van der Waals surface area (Å²) in [5.41, 5.74) is 0. The minimum absolute atomic E-state index is 0.0420. The second-order valence-electron chi connectivity index (χ2n) is 3.46. The third-order valence-electron chi connectivity index (χ3n) is 2.28. The number of carbonyl (C=O) groups is 4. The van der Waals surface area contributed by atoms with Gasteiger partial charge >= 0.3 is 6.03 Å². The van der Waals surface area contributed by atoms with Crippen LogP contribution in [0.1, 0.15) is 13.8 Å². The minimum Gasteiger partial charge on any atom is -0.275 e. The maximum Gasteiger partial charge on any atom is 0.340 e. The van der Waals surface area contributed by atoms with Gasteiger partial charge in [0.2, 0.25) is 17.7 Å². The van der Waals surface area contributed by atoms with Gasteiger partial charge in [-0.05, 0) is 0 Å². The molecule has 0 bridgehead atoms. The van der Waals surface area contributed by atoms with Crippen LogP contribution in [0.15, 0.2) is 0 Å². The van der Waals surface area contributed by atoms with Gasteiger partial charge in [-0.2, -0.15) is 4.90 Å². The van der Waals surface area contributed by atoms with Crippen molar-refractivity contribution >= 4 is 35.4 Å². The highest BCUT2D eigenvalue weighted by molar-refractivity contribution is 6.22. The molecular formula is C9H11ClN2O4. The fourth-order valence-electron chi connectivity index (χ4n) is 1.44. The van der Waals surface area contributed by atoms with E-state index in [0.717, 1.165) is 11.8 Å².